The Bertz CT molecular complexity index is 1130. The van der Waals surface area contributed by atoms with E-state index in [0.29, 0.717) is 11.4 Å². The number of aryl methyl sites for hydroxylation is 2. The molecule has 1 aromatic heterocycles. The van der Waals surface area contributed by atoms with Gasteiger partial charge >= 0.3 is 11.7 Å². The van der Waals surface area contributed by atoms with E-state index in [-0.39, 0.29) is 12.2 Å². The maximum atomic E-state index is 12.8. The molecule has 3 rings (SSSR count). The molecule has 0 saturated heterocycles. The third kappa shape index (κ3) is 4.40. The Kier molecular flexibility index (Phi) is 6.02. The minimum absolute atomic E-state index is 0.241. The zero-order chi connectivity index (χ0) is 22.1. The Morgan fingerprint density at radius 2 is 1.83 bits per heavy atom. The van der Waals surface area contributed by atoms with Crippen molar-refractivity contribution in [2.24, 2.45) is 0 Å². The van der Waals surface area contributed by atoms with E-state index in [2.05, 4.69) is 10.4 Å². The van der Waals surface area contributed by atoms with Crippen LogP contribution >= 0.6 is 11.8 Å². The fourth-order valence-corrected chi connectivity index (χ4v) is 3.49. The van der Waals surface area contributed by atoms with Gasteiger partial charge in [-0.3, -0.25) is 0 Å². The van der Waals surface area contributed by atoms with Crippen LogP contribution in [-0.2, 0) is 11.3 Å². The molecule has 0 unspecified atom stereocenters. The second-order valence-corrected chi connectivity index (χ2v) is 8.39. The van der Waals surface area contributed by atoms with E-state index in [1.54, 1.807) is 11.8 Å². The van der Waals surface area contributed by atoms with Crippen LogP contribution < -0.4 is 10.4 Å². The Morgan fingerprint density at radius 3 is 2.43 bits per heavy atom. The second kappa shape index (κ2) is 8.35. The summed E-state index contributed by atoms with van der Waals surface area (Å²) in [6.45, 7) is 6.94. The first-order valence-corrected chi connectivity index (χ1v) is 10.5. The lowest BCUT2D eigenvalue weighted by atomic mass is 10.0. The zero-order valence-corrected chi connectivity index (χ0v) is 18.4. The minimum atomic E-state index is -1.35. The summed E-state index contributed by atoms with van der Waals surface area (Å²) in [5.41, 5.74) is 1.39. The normalized spacial score (nSPS) is 11.5. The largest absolute Gasteiger partial charge is 0.478 e. The molecular weight excluding hydrogens is 404 g/mol. The third-order valence-electron chi connectivity index (χ3n) is 4.66. The molecule has 1 N–H and O–H groups in total. The number of tetrazole rings is 1. The van der Waals surface area contributed by atoms with E-state index in [1.807, 2.05) is 56.5 Å². The number of thioether (sulfide) groups is 1. The highest BCUT2D eigenvalue weighted by molar-refractivity contribution is 7.98. The van der Waals surface area contributed by atoms with E-state index in [4.69, 9.17) is 4.74 Å². The number of rotatable bonds is 7. The number of benzene rings is 2. The molecular formula is C21H24N4O4S. The second-order valence-electron chi connectivity index (χ2n) is 7.51. The standard InChI is InChI=1S/C21H24N4O4S/c1-13-9-15(10-14(2)18(13)29-21(3,4)19(26)27)12-24-20(28)25(23-22-24)16-7-6-8-17(11-16)30-5/h6-11H,12H2,1-5H3,(H,26,27). The number of hydrogen-bond acceptors (Lipinski definition) is 6. The van der Waals surface area contributed by atoms with E-state index < -0.39 is 11.6 Å². The molecule has 0 aliphatic carbocycles. The maximum Gasteiger partial charge on any atom is 0.368 e. The number of carboxylic acid groups (broad SMARTS) is 1. The number of carbonyl (C=O) groups is 1. The topological polar surface area (TPSA) is 99.2 Å². The average molecular weight is 429 g/mol. The first kappa shape index (κ1) is 21.6. The Labute approximate surface area is 178 Å². The predicted octanol–water partition coefficient (Wildman–Crippen LogP) is 3.06. The molecule has 2 aromatic carbocycles. The zero-order valence-electron chi connectivity index (χ0n) is 17.5. The molecule has 30 heavy (non-hydrogen) atoms. The van der Waals surface area contributed by atoms with Crippen LogP contribution in [0.5, 0.6) is 5.75 Å². The van der Waals surface area contributed by atoms with Crippen LogP contribution in [0.1, 0.15) is 30.5 Å². The molecule has 0 aliphatic heterocycles. The molecule has 0 spiro atoms. The molecule has 0 fully saturated rings. The molecule has 158 valence electrons. The summed E-state index contributed by atoms with van der Waals surface area (Å²) in [4.78, 5) is 25.2. The summed E-state index contributed by atoms with van der Waals surface area (Å²) in [6.07, 6.45) is 1.97. The Hall–Kier alpha value is -3.07. The molecule has 1 heterocycles. The van der Waals surface area contributed by atoms with Gasteiger partial charge in [0.2, 0.25) is 0 Å². The molecule has 3 aromatic rings. The van der Waals surface area contributed by atoms with Crippen molar-refractivity contribution in [2.75, 3.05) is 6.26 Å². The van der Waals surface area contributed by atoms with Crippen LogP contribution in [-0.4, -0.2) is 42.7 Å². The van der Waals surface area contributed by atoms with Crippen LogP contribution in [0.3, 0.4) is 0 Å². The number of carboxylic acids is 1. The highest BCUT2D eigenvalue weighted by Crippen LogP contribution is 2.29. The van der Waals surface area contributed by atoms with Gasteiger partial charge in [0.05, 0.1) is 12.2 Å². The lowest BCUT2D eigenvalue weighted by Crippen LogP contribution is -2.38. The summed E-state index contributed by atoms with van der Waals surface area (Å²) in [5, 5.41) is 17.3. The summed E-state index contributed by atoms with van der Waals surface area (Å²) >= 11 is 1.58. The van der Waals surface area contributed by atoms with Crippen LogP contribution in [0, 0.1) is 13.8 Å². The van der Waals surface area contributed by atoms with Gasteiger partial charge in [0.15, 0.2) is 5.60 Å². The molecule has 0 amide bonds. The van der Waals surface area contributed by atoms with Crippen molar-refractivity contribution in [3.8, 4) is 11.4 Å². The van der Waals surface area contributed by atoms with Gasteiger partial charge in [0.25, 0.3) is 0 Å². The first-order chi connectivity index (χ1) is 14.1. The molecule has 0 saturated carbocycles. The lowest BCUT2D eigenvalue weighted by Gasteiger charge is -2.24. The van der Waals surface area contributed by atoms with Gasteiger partial charge in [-0.25, -0.2) is 9.59 Å². The lowest BCUT2D eigenvalue weighted by molar-refractivity contribution is -0.152. The van der Waals surface area contributed by atoms with E-state index in [0.717, 1.165) is 21.6 Å². The first-order valence-electron chi connectivity index (χ1n) is 9.32. The van der Waals surface area contributed by atoms with Gasteiger partial charge in [-0.1, -0.05) is 18.2 Å². The third-order valence-corrected chi connectivity index (χ3v) is 5.39. The van der Waals surface area contributed by atoms with Crippen LogP contribution in [0.15, 0.2) is 46.1 Å². The monoisotopic (exact) mass is 428 g/mol. The average Bonchev–Trinajstić information content (AvgIpc) is 3.05. The van der Waals surface area contributed by atoms with Crippen molar-refractivity contribution >= 4 is 17.7 Å². The molecule has 0 aliphatic rings. The highest BCUT2D eigenvalue weighted by Gasteiger charge is 2.30. The summed E-state index contributed by atoms with van der Waals surface area (Å²) in [7, 11) is 0. The van der Waals surface area contributed by atoms with Crippen LogP contribution in [0.25, 0.3) is 5.69 Å². The number of ether oxygens (including phenoxy) is 1. The Balaban J connectivity index is 1.88. The smallest absolute Gasteiger partial charge is 0.368 e. The van der Waals surface area contributed by atoms with Crippen molar-refractivity contribution in [3.05, 3.63) is 63.6 Å². The number of aromatic nitrogens is 4. The van der Waals surface area contributed by atoms with Gasteiger partial charge in [-0.2, -0.15) is 9.36 Å². The van der Waals surface area contributed by atoms with Crippen molar-refractivity contribution in [2.45, 2.75) is 44.7 Å². The van der Waals surface area contributed by atoms with E-state index in [9.17, 15) is 14.7 Å². The predicted molar refractivity (Wildman–Crippen MR) is 115 cm³/mol. The molecule has 0 bridgehead atoms. The molecule has 9 heteroatoms. The molecule has 0 radical (unpaired) electrons. The summed E-state index contributed by atoms with van der Waals surface area (Å²) < 4.78 is 8.30. The number of hydrogen-bond donors (Lipinski definition) is 1. The SMILES string of the molecule is CSc1cccc(-n2nnn(Cc3cc(C)c(OC(C)(C)C(=O)O)c(C)c3)c2=O)c1. The number of nitrogens with zero attached hydrogens (tertiary/aromatic N) is 4. The van der Waals surface area contributed by atoms with Gasteiger partial charge in [0.1, 0.15) is 5.75 Å². The van der Waals surface area contributed by atoms with Crippen molar-refractivity contribution in [3.63, 3.8) is 0 Å². The van der Waals surface area contributed by atoms with Gasteiger partial charge in [0, 0.05) is 4.90 Å². The van der Waals surface area contributed by atoms with Crippen molar-refractivity contribution in [1.82, 2.24) is 19.8 Å². The molecule has 0 atom stereocenters. The summed E-state index contributed by atoms with van der Waals surface area (Å²) in [5.74, 6) is -0.518. The van der Waals surface area contributed by atoms with Crippen LogP contribution in [0.2, 0.25) is 0 Å². The van der Waals surface area contributed by atoms with Crippen molar-refractivity contribution in [1.29, 1.82) is 0 Å². The fourth-order valence-electron chi connectivity index (χ4n) is 3.04. The fraction of sp³-hybridized carbons (Fsp3) is 0.333. The van der Waals surface area contributed by atoms with Crippen LogP contribution in [0.4, 0.5) is 0 Å². The minimum Gasteiger partial charge on any atom is -0.478 e. The Morgan fingerprint density at radius 1 is 1.17 bits per heavy atom. The van der Waals surface area contributed by atoms with Gasteiger partial charge in [-0.15, -0.1) is 11.8 Å². The maximum absolute atomic E-state index is 12.8. The van der Waals surface area contributed by atoms with E-state index in [1.165, 1.54) is 23.2 Å². The number of aliphatic carboxylic acids is 1. The highest BCUT2D eigenvalue weighted by atomic mass is 32.2. The van der Waals surface area contributed by atoms with Crippen molar-refractivity contribution < 1.29 is 14.6 Å². The summed E-state index contributed by atoms with van der Waals surface area (Å²) in [6, 6.07) is 11.3. The molecule has 8 nitrogen and oxygen atoms in total. The van der Waals surface area contributed by atoms with Gasteiger partial charge < -0.3 is 9.84 Å². The quantitative estimate of drug-likeness (QED) is 0.577. The van der Waals surface area contributed by atoms with Gasteiger partial charge in [-0.05, 0) is 79.3 Å². The van der Waals surface area contributed by atoms with E-state index >= 15 is 0 Å².